The molecule has 0 spiro atoms. The van der Waals surface area contributed by atoms with E-state index in [9.17, 15) is 18.3 Å². The van der Waals surface area contributed by atoms with Crippen molar-refractivity contribution in [2.75, 3.05) is 30.9 Å². The van der Waals surface area contributed by atoms with Crippen LogP contribution in [0.5, 0.6) is 5.75 Å². The fourth-order valence-corrected chi connectivity index (χ4v) is 6.20. The maximum absolute atomic E-state index is 13.2. The summed E-state index contributed by atoms with van der Waals surface area (Å²) in [5.41, 5.74) is 2.84. The molecule has 202 valence electrons. The number of phenolic OH excluding ortho intramolecular Hbond substituents is 1. The first kappa shape index (κ1) is 26.9. The Hall–Kier alpha value is -3.66. The quantitative estimate of drug-likeness (QED) is 0.340. The lowest BCUT2D eigenvalue weighted by Gasteiger charge is -2.23. The summed E-state index contributed by atoms with van der Waals surface area (Å²) < 4.78 is 28.8. The highest BCUT2D eigenvalue weighted by molar-refractivity contribution is 7.93. The molecular formula is C29H29ClN4O4S. The summed E-state index contributed by atoms with van der Waals surface area (Å²) in [6.07, 6.45) is 2.36. The van der Waals surface area contributed by atoms with Gasteiger partial charge in [-0.1, -0.05) is 29.8 Å². The summed E-state index contributed by atoms with van der Waals surface area (Å²) in [5.74, 6) is 0.118. The fraction of sp³-hybridized carbons (Fsp3) is 0.241. The SMILES string of the molecule is Cc1cc(O)c(CN2CCCN(C(=O)c3ccc(NS(=O)(=O)c4cccc5cccnc45)cc3)CC2)cc1Cl. The normalized spacial score (nSPS) is 14.8. The van der Waals surface area contributed by atoms with Gasteiger partial charge in [-0.2, -0.15) is 0 Å². The lowest BCUT2D eigenvalue weighted by atomic mass is 10.1. The number of fused-ring (bicyclic) bond motifs is 1. The molecule has 8 nitrogen and oxygen atoms in total. The van der Waals surface area contributed by atoms with Crippen LogP contribution in [-0.2, 0) is 16.6 Å². The number of carbonyl (C=O) groups is 1. The van der Waals surface area contributed by atoms with Gasteiger partial charge in [0.25, 0.3) is 15.9 Å². The van der Waals surface area contributed by atoms with E-state index in [1.165, 1.54) is 6.07 Å². The van der Waals surface area contributed by atoms with Gasteiger partial charge in [0.1, 0.15) is 10.6 Å². The molecule has 0 atom stereocenters. The van der Waals surface area contributed by atoms with Crippen molar-refractivity contribution in [2.45, 2.75) is 24.8 Å². The molecule has 2 heterocycles. The highest BCUT2D eigenvalue weighted by Crippen LogP contribution is 2.27. The molecule has 2 N–H and O–H groups in total. The number of carbonyl (C=O) groups excluding carboxylic acids is 1. The first-order valence-electron chi connectivity index (χ1n) is 12.7. The summed E-state index contributed by atoms with van der Waals surface area (Å²) in [6, 6.07) is 18.5. The lowest BCUT2D eigenvalue weighted by molar-refractivity contribution is 0.0761. The molecule has 1 fully saturated rings. The molecule has 0 unspecified atom stereocenters. The number of nitrogens with zero attached hydrogens (tertiary/aromatic N) is 3. The predicted octanol–water partition coefficient (Wildman–Crippen LogP) is 5.05. The summed E-state index contributed by atoms with van der Waals surface area (Å²) in [7, 11) is -3.88. The first-order valence-corrected chi connectivity index (χ1v) is 14.5. The van der Waals surface area contributed by atoms with Gasteiger partial charge in [-0.3, -0.25) is 19.4 Å². The van der Waals surface area contributed by atoms with Crippen molar-refractivity contribution < 1.29 is 18.3 Å². The van der Waals surface area contributed by atoms with Crippen molar-refractivity contribution >= 4 is 44.1 Å². The second kappa shape index (κ2) is 11.2. The number of hydrogen-bond acceptors (Lipinski definition) is 6. The maximum Gasteiger partial charge on any atom is 0.264 e. The van der Waals surface area contributed by atoms with E-state index >= 15 is 0 Å². The van der Waals surface area contributed by atoms with E-state index < -0.39 is 10.0 Å². The van der Waals surface area contributed by atoms with Crippen LogP contribution in [0, 0.1) is 6.92 Å². The third kappa shape index (κ3) is 6.00. The molecule has 0 radical (unpaired) electrons. The van der Waals surface area contributed by atoms with E-state index in [4.69, 9.17) is 11.6 Å². The first-order chi connectivity index (χ1) is 18.7. The number of phenols is 1. The molecule has 10 heteroatoms. The van der Waals surface area contributed by atoms with Crippen LogP contribution in [0.25, 0.3) is 10.9 Å². The Morgan fingerprint density at radius 2 is 1.79 bits per heavy atom. The predicted molar refractivity (Wildman–Crippen MR) is 153 cm³/mol. The van der Waals surface area contributed by atoms with E-state index in [-0.39, 0.29) is 16.6 Å². The van der Waals surface area contributed by atoms with Crippen LogP contribution in [0.2, 0.25) is 5.02 Å². The van der Waals surface area contributed by atoms with Crippen LogP contribution < -0.4 is 4.72 Å². The lowest BCUT2D eigenvalue weighted by Crippen LogP contribution is -2.35. The topological polar surface area (TPSA) is 103 Å². The monoisotopic (exact) mass is 564 g/mol. The molecule has 1 aliphatic rings. The number of aromatic hydroxyl groups is 1. The second-order valence-corrected chi connectivity index (χ2v) is 11.7. The highest BCUT2D eigenvalue weighted by atomic mass is 35.5. The number of rotatable bonds is 6. The van der Waals surface area contributed by atoms with Crippen LogP contribution in [0.4, 0.5) is 5.69 Å². The molecule has 0 bridgehead atoms. The average molecular weight is 565 g/mol. The third-order valence-corrected chi connectivity index (χ3v) is 8.72. The zero-order chi connectivity index (χ0) is 27.6. The summed E-state index contributed by atoms with van der Waals surface area (Å²) >= 11 is 6.25. The summed E-state index contributed by atoms with van der Waals surface area (Å²) in [6.45, 7) is 5.01. The van der Waals surface area contributed by atoms with Gasteiger partial charge in [0.05, 0.1) is 5.52 Å². The van der Waals surface area contributed by atoms with Crippen LogP contribution in [0.15, 0.2) is 77.8 Å². The Morgan fingerprint density at radius 1 is 1.03 bits per heavy atom. The van der Waals surface area contributed by atoms with Gasteiger partial charge in [0.15, 0.2) is 0 Å². The minimum Gasteiger partial charge on any atom is -0.508 e. The van der Waals surface area contributed by atoms with Gasteiger partial charge in [-0.15, -0.1) is 0 Å². The Morgan fingerprint density at radius 3 is 2.59 bits per heavy atom. The van der Waals surface area contributed by atoms with Crippen LogP contribution in [0.1, 0.15) is 27.9 Å². The number of sulfonamides is 1. The Bertz CT molecular complexity index is 1620. The van der Waals surface area contributed by atoms with Crippen LogP contribution in [0.3, 0.4) is 0 Å². The second-order valence-electron chi connectivity index (χ2n) is 9.67. The number of pyridine rings is 1. The van der Waals surface area contributed by atoms with Crippen molar-refractivity contribution in [3.63, 3.8) is 0 Å². The molecule has 39 heavy (non-hydrogen) atoms. The third-order valence-electron chi connectivity index (χ3n) is 6.90. The number of para-hydroxylation sites is 1. The average Bonchev–Trinajstić information content (AvgIpc) is 3.17. The van der Waals surface area contributed by atoms with E-state index in [1.807, 2.05) is 24.0 Å². The number of benzene rings is 3. The maximum atomic E-state index is 13.2. The number of hydrogen-bond donors (Lipinski definition) is 2. The molecule has 5 rings (SSSR count). The van der Waals surface area contributed by atoms with Gasteiger partial charge < -0.3 is 10.0 Å². The molecule has 0 aliphatic carbocycles. The molecule has 4 aromatic rings. The minimum absolute atomic E-state index is 0.0936. The standard InChI is InChI=1S/C29H29ClN4O4S/c1-20-17-26(35)23(18-25(20)30)19-33-13-4-14-34(16-15-33)29(36)22-8-10-24(11-9-22)32-39(37,38)27-7-2-5-21-6-3-12-31-28(21)27/h2-3,5-12,17-18,32,35H,4,13-16,19H2,1H3. The van der Waals surface area contributed by atoms with Gasteiger partial charge in [0, 0.05) is 66.1 Å². The van der Waals surface area contributed by atoms with Gasteiger partial charge in [-0.25, -0.2) is 8.42 Å². The molecule has 1 aromatic heterocycles. The minimum atomic E-state index is -3.88. The smallest absolute Gasteiger partial charge is 0.264 e. The van der Waals surface area contributed by atoms with Gasteiger partial charge in [0.2, 0.25) is 0 Å². The number of amides is 1. The Balaban J connectivity index is 1.23. The number of halogens is 1. The zero-order valence-electron chi connectivity index (χ0n) is 21.5. The Kier molecular flexibility index (Phi) is 7.74. The number of nitrogens with one attached hydrogen (secondary N) is 1. The Labute approximate surface area is 232 Å². The van der Waals surface area contributed by atoms with Crippen molar-refractivity contribution in [1.82, 2.24) is 14.8 Å². The number of aryl methyl sites for hydroxylation is 1. The number of aromatic nitrogens is 1. The van der Waals surface area contributed by atoms with Crippen molar-refractivity contribution in [3.8, 4) is 5.75 Å². The highest BCUT2D eigenvalue weighted by Gasteiger charge is 2.22. The zero-order valence-corrected chi connectivity index (χ0v) is 23.0. The molecule has 1 amide bonds. The molecule has 0 saturated carbocycles. The van der Waals surface area contributed by atoms with Gasteiger partial charge in [-0.05, 0) is 67.4 Å². The van der Waals surface area contributed by atoms with E-state index in [1.54, 1.807) is 54.7 Å². The molecule has 3 aromatic carbocycles. The fourth-order valence-electron chi connectivity index (χ4n) is 4.77. The van der Waals surface area contributed by atoms with E-state index in [2.05, 4.69) is 14.6 Å². The summed E-state index contributed by atoms with van der Waals surface area (Å²) in [5, 5.41) is 11.7. The van der Waals surface area contributed by atoms with Crippen LogP contribution >= 0.6 is 11.6 Å². The largest absolute Gasteiger partial charge is 0.508 e. The van der Waals surface area contributed by atoms with Crippen molar-refractivity contribution in [1.29, 1.82) is 0 Å². The van der Waals surface area contributed by atoms with E-state index in [0.29, 0.717) is 48.0 Å². The van der Waals surface area contributed by atoms with Gasteiger partial charge >= 0.3 is 0 Å². The molecule has 1 saturated heterocycles. The summed E-state index contributed by atoms with van der Waals surface area (Å²) in [4.78, 5) is 21.6. The van der Waals surface area contributed by atoms with Crippen LogP contribution in [-0.4, -0.2) is 60.4 Å². The van der Waals surface area contributed by atoms with E-state index in [0.717, 1.165) is 29.5 Å². The van der Waals surface area contributed by atoms with Crippen molar-refractivity contribution in [2.24, 2.45) is 0 Å². The number of anilines is 1. The van der Waals surface area contributed by atoms with Crippen molar-refractivity contribution in [3.05, 3.63) is 94.6 Å². The molecule has 1 aliphatic heterocycles. The molecular weight excluding hydrogens is 536 g/mol.